The molecule has 0 aromatic carbocycles. The third kappa shape index (κ3) is 0.178. The van der Waals surface area contributed by atoms with Gasteiger partial charge in [-0.15, -0.1) is 0 Å². The smallest absolute Gasteiger partial charge is 0.246 e. The van der Waals surface area contributed by atoms with E-state index in [-0.39, 0.29) is 33.5 Å². The summed E-state index contributed by atoms with van der Waals surface area (Å²) in [7, 11) is 0. The number of nitrogens with zero attached hydrogens (tertiary/aromatic N) is 2. The summed E-state index contributed by atoms with van der Waals surface area (Å²) in [6.07, 6.45) is 0. The first-order valence-corrected chi connectivity index (χ1v) is 3.91. The van der Waals surface area contributed by atoms with Gasteiger partial charge in [0.05, 0.1) is 11.8 Å². The lowest BCUT2D eigenvalue weighted by Crippen LogP contribution is -2.48. The average molecular weight is 168 g/mol. The molecule has 62 valence electrons. The van der Waals surface area contributed by atoms with Crippen LogP contribution in [0.25, 0.3) is 0 Å². The SMILES string of the molecule is O=[N+]([O-])C12C3C4C1C4([N+](=O)[O-])C32. The Morgan fingerprint density at radius 3 is 1.42 bits per heavy atom. The van der Waals surface area contributed by atoms with Gasteiger partial charge in [0, 0.05) is 9.85 Å². The Balaban J connectivity index is 1.80. The van der Waals surface area contributed by atoms with Gasteiger partial charge in [0.2, 0.25) is 11.1 Å². The van der Waals surface area contributed by atoms with Gasteiger partial charge in [-0.05, 0) is 0 Å². The van der Waals surface area contributed by atoms with Crippen LogP contribution in [0.1, 0.15) is 0 Å². The molecule has 6 nitrogen and oxygen atoms in total. The average Bonchev–Trinajstić information content (AvgIpc) is 2.33. The Morgan fingerprint density at radius 2 is 1.25 bits per heavy atom. The molecule has 5 fully saturated rings. The lowest BCUT2D eigenvalue weighted by Gasteiger charge is -2.19. The van der Waals surface area contributed by atoms with E-state index in [9.17, 15) is 20.2 Å². The Kier molecular flexibility index (Phi) is 0.415. The van der Waals surface area contributed by atoms with Gasteiger partial charge >= 0.3 is 0 Å². The minimum Gasteiger partial charge on any atom is -0.264 e. The fourth-order valence-corrected chi connectivity index (χ4v) is 4.31. The molecule has 6 heteroatoms. The Labute approximate surface area is 65.8 Å². The summed E-state index contributed by atoms with van der Waals surface area (Å²) in [6, 6.07) is 0. The topological polar surface area (TPSA) is 86.3 Å². The highest BCUT2D eigenvalue weighted by molar-refractivity contribution is 5.62. The highest BCUT2D eigenvalue weighted by Gasteiger charge is 3.28. The second-order valence-electron chi connectivity index (χ2n) is 4.30. The van der Waals surface area contributed by atoms with Crippen molar-refractivity contribution in [1.82, 2.24) is 0 Å². The third-order valence-corrected chi connectivity index (χ3v) is 4.58. The molecule has 0 aromatic heterocycles. The van der Waals surface area contributed by atoms with Crippen molar-refractivity contribution in [3.63, 3.8) is 0 Å². The molecular formula is C6H4N2O4. The molecule has 0 aromatic rings. The first-order valence-electron chi connectivity index (χ1n) is 3.91. The van der Waals surface area contributed by atoms with Gasteiger partial charge in [0.15, 0.2) is 0 Å². The second-order valence-corrected chi connectivity index (χ2v) is 4.30. The number of hydrogen-bond donors (Lipinski definition) is 0. The molecule has 5 saturated carbocycles. The molecule has 0 saturated heterocycles. The summed E-state index contributed by atoms with van der Waals surface area (Å²) >= 11 is 0. The summed E-state index contributed by atoms with van der Waals surface area (Å²) in [5.74, 6) is -0.208. The van der Waals surface area contributed by atoms with E-state index in [1.165, 1.54) is 0 Å². The molecule has 0 N–H and O–H groups in total. The summed E-state index contributed by atoms with van der Waals surface area (Å²) in [5.41, 5.74) is -1.59. The molecule has 0 heterocycles. The van der Waals surface area contributed by atoms with Crippen LogP contribution in [0, 0.1) is 43.9 Å². The molecular weight excluding hydrogens is 164 g/mol. The van der Waals surface area contributed by atoms with Crippen molar-refractivity contribution in [2.45, 2.75) is 11.1 Å². The van der Waals surface area contributed by atoms with Crippen LogP contribution >= 0.6 is 0 Å². The van der Waals surface area contributed by atoms with Crippen molar-refractivity contribution < 1.29 is 9.85 Å². The van der Waals surface area contributed by atoms with E-state index in [0.29, 0.717) is 0 Å². The fourth-order valence-electron chi connectivity index (χ4n) is 4.31. The molecule has 0 amide bonds. The van der Waals surface area contributed by atoms with Crippen LogP contribution in [-0.2, 0) is 0 Å². The van der Waals surface area contributed by atoms with Crippen LogP contribution in [-0.4, -0.2) is 20.9 Å². The van der Waals surface area contributed by atoms with Gasteiger partial charge in [-0.2, -0.15) is 0 Å². The van der Waals surface area contributed by atoms with Gasteiger partial charge in [-0.3, -0.25) is 20.2 Å². The van der Waals surface area contributed by atoms with Crippen LogP contribution in [0.3, 0.4) is 0 Å². The Hall–Kier alpha value is -1.20. The van der Waals surface area contributed by atoms with Crippen LogP contribution < -0.4 is 0 Å². The Bertz CT molecular complexity index is 334. The number of hydrogen-bond acceptors (Lipinski definition) is 4. The minimum atomic E-state index is -0.794. The first-order chi connectivity index (χ1) is 5.62. The van der Waals surface area contributed by atoms with E-state index in [0.717, 1.165) is 0 Å². The van der Waals surface area contributed by atoms with E-state index < -0.39 is 11.1 Å². The second kappa shape index (κ2) is 0.915. The lowest BCUT2D eigenvalue weighted by atomic mass is 9.88. The van der Waals surface area contributed by atoms with Crippen LogP contribution in [0.5, 0.6) is 0 Å². The molecule has 0 aliphatic heterocycles. The normalized spacial score (nSPS) is 71.7. The molecule has 5 aliphatic carbocycles. The summed E-state index contributed by atoms with van der Waals surface area (Å²) in [6.45, 7) is 0. The molecule has 2 atom stereocenters. The van der Waals surface area contributed by atoms with E-state index in [2.05, 4.69) is 0 Å². The molecule has 5 aliphatic rings. The van der Waals surface area contributed by atoms with Crippen molar-refractivity contribution in [3.8, 4) is 0 Å². The lowest BCUT2D eigenvalue weighted by molar-refractivity contribution is -0.615. The van der Waals surface area contributed by atoms with E-state index in [1.807, 2.05) is 0 Å². The zero-order chi connectivity index (χ0) is 8.46. The Morgan fingerprint density at radius 1 is 0.917 bits per heavy atom. The molecule has 0 spiro atoms. The van der Waals surface area contributed by atoms with Crippen molar-refractivity contribution >= 4 is 0 Å². The van der Waals surface area contributed by atoms with E-state index in [1.54, 1.807) is 0 Å². The summed E-state index contributed by atoms with van der Waals surface area (Å²) in [4.78, 5) is 20.5. The monoisotopic (exact) mass is 168 g/mol. The minimum absolute atomic E-state index is 0.0860. The number of nitro groups is 2. The third-order valence-electron chi connectivity index (χ3n) is 4.58. The highest BCUT2D eigenvalue weighted by atomic mass is 16.7. The van der Waals surface area contributed by atoms with Gasteiger partial charge in [0.1, 0.15) is 11.8 Å². The zero-order valence-corrected chi connectivity index (χ0v) is 5.84. The van der Waals surface area contributed by atoms with Gasteiger partial charge in [-0.25, -0.2) is 0 Å². The largest absolute Gasteiger partial charge is 0.264 e. The molecule has 0 radical (unpaired) electrons. The van der Waals surface area contributed by atoms with Crippen molar-refractivity contribution in [2.24, 2.45) is 23.7 Å². The van der Waals surface area contributed by atoms with Crippen molar-refractivity contribution in [1.29, 1.82) is 0 Å². The zero-order valence-electron chi connectivity index (χ0n) is 5.84. The quantitative estimate of drug-likeness (QED) is 0.412. The predicted octanol–water partition coefficient (Wildman–Crippen LogP) is -0.463. The van der Waals surface area contributed by atoms with Crippen LogP contribution in [0.4, 0.5) is 0 Å². The maximum atomic E-state index is 10.5. The van der Waals surface area contributed by atoms with Crippen molar-refractivity contribution in [3.05, 3.63) is 20.2 Å². The number of rotatable bonds is 2. The maximum Gasteiger partial charge on any atom is 0.246 e. The van der Waals surface area contributed by atoms with Crippen LogP contribution in [0.15, 0.2) is 0 Å². The standard InChI is InChI=1S/C6H4N2O4/c9-7(10)5-1-2-4(5)6(2,3(1)5)8(11)12/h1-4H. The highest BCUT2D eigenvalue weighted by Crippen LogP contribution is 3.05. The molecule has 5 rings (SSSR count). The first kappa shape index (κ1) is 5.45. The molecule has 2 unspecified atom stereocenters. The van der Waals surface area contributed by atoms with Gasteiger partial charge in [0.25, 0.3) is 0 Å². The van der Waals surface area contributed by atoms with E-state index >= 15 is 0 Å². The van der Waals surface area contributed by atoms with Gasteiger partial charge < -0.3 is 0 Å². The summed E-state index contributed by atoms with van der Waals surface area (Å²) in [5, 5.41) is 21.1. The predicted molar refractivity (Wildman–Crippen MR) is 33.4 cm³/mol. The fraction of sp³-hybridized carbons (Fsp3) is 1.00. The van der Waals surface area contributed by atoms with E-state index in [4.69, 9.17) is 0 Å². The maximum absolute atomic E-state index is 10.5. The van der Waals surface area contributed by atoms with Gasteiger partial charge in [-0.1, -0.05) is 0 Å². The molecule has 12 heavy (non-hydrogen) atoms. The summed E-state index contributed by atoms with van der Waals surface area (Å²) < 4.78 is 0. The van der Waals surface area contributed by atoms with Crippen molar-refractivity contribution in [2.75, 3.05) is 0 Å². The van der Waals surface area contributed by atoms with Crippen LogP contribution in [0.2, 0.25) is 0 Å². The molecule has 0 bridgehead atoms.